The van der Waals surface area contributed by atoms with Crippen molar-refractivity contribution in [2.24, 2.45) is 5.92 Å². The summed E-state index contributed by atoms with van der Waals surface area (Å²) in [4.78, 5) is 36.7. The fourth-order valence-electron chi connectivity index (χ4n) is 2.94. The van der Waals surface area contributed by atoms with Crippen molar-refractivity contribution < 1.29 is 14.5 Å². The number of amides is 1. The number of rotatable bonds is 7. The van der Waals surface area contributed by atoms with Gasteiger partial charge in [0, 0.05) is 32.2 Å². The van der Waals surface area contributed by atoms with Gasteiger partial charge >= 0.3 is 0 Å². The van der Waals surface area contributed by atoms with Crippen LogP contribution in [0.4, 0.5) is 5.69 Å². The maximum absolute atomic E-state index is 12.2. The van der Waals surface area contributed by atoms with Crippen LogP contribution in [0.5, 0.6) is 0 Å². The molecule has 1 aromatic rings. The van der Waals surface area contributed by atoms with E-state index in [1.165, 1.54) is 0 Å². The lowest BCUT2D eigenvalue weighted by molar-refractivity contribution is -0.385. The standard InChI is InChI=1S/C17H23N5O5/c1-12(2)8-20-3-4-27-15(10-20)7-19-16(23)11-21-9-14(22(25)26)5-13(6-18)17(21)24/h5,9,12,15H,3-4,7-8,10-11H2,1-2H3,(H,19,23). The lowest BCUT2D eigenvalue weighted by atomic mass is 10.2. The minimum atomic E-state index is -0.740. The number of carbonyl (C=O) groups excluding carboxylic acids is 1. The number of aromatic nitrogens is 1. The number of nitrogens with one attached hydrogen (secondary N) is 1. The van der Waals surface area contributed by atoms with E-state index in [4.69, 9.17) is 10.00 Å². The molecular weight excluding hydrogens is 354 g/mol. The molecule has 0 aromatic carbocycles. The van der Waals surface area contributed by atoms with E-state index in [-0.39, 0.29) is 18.2 Å². The van der Waals surface area contributed by atoms with Gasteiger partial charge in [-0.2, -0.15) is 5.26 Å². The van der Waals surface area contributed by atoms with E-state index in [0.717, 1.165) is 29.9 Å². The Labute approximate surface area is 156 Å². The third-order valence-electron chi connectivity index (χ3n) is 4.09. The number of nitriles is 1. The monoisotopic (exact) mass is 377 g/mol. The largest absolute Gasteiger partial charge is 0.374 e. The van der Waals surface area contributed by atoms with Crippen molar-refractivity contribution in [3.05, 3.63) is 38.3 Å². The van der Waals surface area contributed by atoms with Gasteiger partial charge in [-0.3, -0.25) is 29.2 Å². The van der Waals surface area contributed by atoms with Gasteiger partial charge < -0.3 is 10.1 Å². The summed E-state index contributed by atoms with van der Waals surface area (Å²) in [6, 6.07) is 2.51. The van der Waals surface area contributed by atoms with Gasteiger partial charge in [0.25, 0.3) is 11.2 Å². The predicted molar refractivity (Wildman–Crippen MR) is 96.1 cm³/mol. The third kappa shape index (κ3) is 5.87. The van der Waals surface area contributed by atoms with Crippen LogP contribution in [0, 0.1) is 27.4 Å². The maximum Gasteiger partial charge on any atom is 0.287 e. The summed E-state index contributed by atoms with van der Waals surface area (Å²) in [5.74, 6) is 0.0551. The first-order valence-electron chi connectivity index (χ1n) is 8.69. The summed E-state index contributed by atoms with van der Waals surface area (Å²) in [6.07, 6.45) is 0.808. The fourth-order valence-corrected chi connectivity index (χ4v) is 2.94. The quantitative estimate of drug-likeness (QED) is 0.527. The highest BCUT2D eigenvalue weighted by molar-refractivity contribution is 5.75. The number of ether oxygens (including phenoxy) is 1. The van der Waals surface area contributed by atoms with E-state index >= 15 is 0 Å². The van der Waals surface area contributed by atoms with Gasteiger partial charge in [0.15, 0.2) is 0 Å². The van der Waals surface area contributed by atoms with E-state index in [0.29, 0.717) is 19.1 Å². The Balaban J connectivity index is 1.96. The zero-order valence-electron chi connectivity index (χ0n) is 15.4. The van der Waals surface area contributed by atoms with E-state index in [1.54, 1.807) is 6.07 Å². The average molecular weight is 377 g/mol. The number of hydrogen-bond acceptors (Lipinski definition) is 7. The Morgan fingerprint density at radius 3 is 2.93 bits per heavy atom. The molecule has 1 unspecified atom stereocenters. The highest BCUT2D eigenvalue weighted by Gasteiger charge is 2.22. The van der Waals surface area contributed by atoms with Gasteiger partial charge in [0.2, 0.25) is 5.91 Å². The minimum Gasteiger partial charge on any atom is -0.374 e. The van der Waals surface area contributed by atoms with Crippen LogP contribution in [0.15, 0.2) is 17.1 Å². The lowest BCUT2D eigenvalue weighted by Gasteiger charge is -2.33. The summed E-state index contributed by atoms with van der Waals surface area (Å²) in [5.41, 5.74) is -1.54. The van der Waals surface area contributed by atoms with Crippen LogP contribution >= 0.6 is 0 Å². The van der Waals surface area contributed by atoms with Crippen LogP contribution in [0.3, 0.4) is 0 Å². The summed E-state index contributed by atoms with van der Waals surface area (Å²) >= 11 is 0. The molecule has 10 nitrogen and oxygen atoms in total. The second-order valence-corrected chi connectivity index (χ2v) is 6.86. The Morgan fingerprint density at radius 2 is 2.30 bits per heavy atom. The number of nitro groups is 1. The van der Waals surface area contributed by atoms with Gasteiger partial charge in [0.1, 0.15) is 18.2 Å². The Morgan fingerprint density at radius 1 is 1.56 bits per heavy atom. The summed E-state index contributed by atoms with van der Waals surface area (Å²) in [7, 11) is 0. The molecule has 2 rings (SSSR count). The molecule has 0 bridgehead atoms. The number of pyridine rings is 1. The predicted octanol–water partition coefficient (Wildman–Crippen LogP) is 0.101. The van der Waals surface area contributed by atoms with Gasteiger partial charge in [-0.1, -0.05) is 13.8 Å². The van der Waals surface area contributed by atoms with Crippen molar-refractivity contribution in [1.29, 1.82) is 5.26 Å². The van der Waals surface area contributed by atoms with Crippen molar-refractivity contribution >= 4 is 11.6 Å². The second-order valence-electron chi connectivity index (χ2n) is 6.86. The molecule has 1 aromatic heterocycles. The molecule has 1 fully saturated rings. The molecule has 1 N–H and O–H groups in total. The zero-order chi connectivity index (χ0) is 20.0. The van der Waals surface area contributed by atoms with E-state index in [1.807, 2.05) is 0 Å². The molecule has 1 saturated heterocycles. The Bertz CT molecular complexity index is 798. The molecule has 0 spiro atoms. The third-order valence-corrected chi connectivity index (χ3v) is 4.09. The molecule has 0 saturated carbocycles. The van der Waals surface area contributed by atoms with Crippen LogP contribution in [0.1, 0.15) is 19.4 Å². The van der Waals surface area contributed by atoms with Crippen molar-refractivity contribution in [3.63, 3.8) is 0 Å². The molecule has 27 heavy (non-hydrogen) atoms. The first kappa shape index (κ1) is 20.5. The summed E-state index contributed by atoms with van der Waals surface area (Å²) < 4.78 is 6.52. The van der Waals surface area contributed by atoms with Gasteiger partial charge in [-0.25, -0.2) is 0 Å². The molecule has 10 heteroatoms. The molecule has 2 heterocycles. The number of morpholine rings is 1. The second kappa shape index (κ2) is 9.25. The Hall–Kier alpha value is -2.77. The van der Waals surface area contributed by atoms with Crippen LogP contribution in [-0.2, 0) is 16.1 Å². The number of hydrogen-bond donors (Lipinski definition) is 1. The molecule has 1 aliphatic heterocycles. The first-order valence-corrected chi connectivity index (χ1v) is 8.69. The molecular formula is C17H23N5O5. The van der Waals surface area contributed by atoms with E-state index < -0.39 is 28.6 Å². The Kier molecular flexibility index (Phi) is 7.04. The topological polar surface area (TPSA) is 130 Å². The lowest BCUT2D eigenvalue weighted by Crippen LogP contribution is -2.48. The van der Waals surface area contributed by atoms with Crippen LogP contribution < -0.4 is 10.9 Å². The highest BCUT2D eigenvalue weighted by Crippen LogP contribution is 2.10. The van der Waals surface area contributed by atoms with Gasteiger partial charge in [0.05, 0.1) is 23.8 Å². The van der Waals surface area contributed by atoms with Crippen molar-refractivity contribution in [2.75, 3.05) is 32.8 Å². The van der Waals surface area contributed by atoms with Crippen molar-refractivity contribution in [3.8, 4) is 6.07 Å². The summed E-state index contributed by atoms with van der Waals surface area (Å²) in [5, 5.41) is 22.5. The molecule has 0 radical (unpaired) electrons. The van der Waals surface area contributed by atoms with E-state index in [9.17, 15) is 19.7 Å². The van der Waals surface area contributed by atoms with Crippen molar-refractivity contribution in [2.45, 2.75) is 26.5 Å². The number of nitrogens with zero attached hydrogens (tertiary/aromatic N) is 4. The zero-order valence-corrected chi connectivity index (χ0v) is 15.4. The van der Waals surface area contributed by atoms with Crippen LogP contribution in [0.25, 0.3) is 0 Å². The highest BCUT2D eigenvalue weighted by atomic mass is 16.6. The molecule has 1 amide bonds. The summed E-state index contributed by atoms with van der Waals surface area (Å²) in [6.45, 7) is 7.24. The maximum atomic E-state index is 12.2. The first-order chi connectivity index (χ1) is 12.8. The molecule has 1 atom stereocenters. The minimum absolute atomic E-state index is 0.155. The van der Waals surface area contributed by atoms with Crippen molar-refractivity contribution in [1.82, 2.24) is 14.8 Å². The van der Waals surface area contributed by atoms with Crippen LogP contribution in [-0.4, -0.2) is 59.2 Å². The van der Waals surface area contributed by atoms with Gasteiger partial charge in [-0.05, 0) is 5.92 Å². The normalized spacial score (nSPS) is 17.5. The molecule has 0 aliphatic carbocycles. The van der Waals surface area contributed by atoms with Gasteiger partial charge in [-0.15, -0.1) is 0 Å². The SMILES string of the molecule is CC(C)CN1CCOC(CNC(=O)Cn2cc([N+](=O)[O-])cc(C#N)c2=O)C1. The average Bonchev–Trinajstić information content (AvgIpc) is 2.61. The fraction of sp³-hybridized carbons (Fsp3) is 0.588. The smallest absolute Gasteiger partial charge is 0.287 e. The molecule has 1 aliphatic rings. The van der Waals surface area contributed by atoms with E-state index in [2.05, 4.69) is 24.1 Å². The van der Waals surface area contributed by atoms with Crippen LogP contribution in [0.2, 0.25) is 0 Å². The molecule has 146 valence electrons. The number of carbonyl (C=O) groups is 1.